The van der Waals surface area contributed by atoms with E-state index in [1.165, 1.54) is 6.08 Å². The van der Waals surface area contributed by atoms with E-state index in [-0.39, 0.29) is 5.70 Å². The van der Waals surface area contributed by atoms with Gasteiger partial charge in [-0.2, -0.15) is 0 Å². The number of hydrogen-bond donors (Lipinski definition) is 2. The van der Waals surface area contributed by atoms with E-state index in [1.54, 1.807) is 72.8 Å². The van der Waals surface area contributed by atoms with Crippen LogP contribution in [-0.2, 0) is 9.59 Å². The number of carbonyl (C=O) groups is 3. The van der Waals surface area contributed by atoms with Crippen molar-refractivity contribution < 1.29 is 19.5 Å². The third-order valence-corrected chi connectivity index (χ3v) is 4.52. The van der Waals surface area contributed by atoms with Crippen LogP contribution in [0.15, 0.2) is 96.7 Å². The van der Waals surface area contributed by atoms with E-state index < -0.39 is 30.2 Å². The smallest absolute Gasteiger partial charge is 0.268 e. The van der Waals surface area contributed by atoms with Crippen LogP contribution in [0.1, 0.15) is 33.9 Å². The monoisotopic (exact) mass is 413 g/mol. The molecule has 6 nitrogen and oxygen atoms in total. The molecule has 3 aromatic rings. The highest BCUT2D eigenvalue weighted by atomic mass is 16.4. The number of rotatable bonds is 8. The van der Waals surface area contributed by atoms with Crippen LogP contribution >= 0.6 is 0 Å². The molecule has 0 fully saturated rings. The largest absolute Gasteiger partial charge is 0.550 e. The predicted molar refractivity (Wildman–Crippen MR) is 115 cm³/mol. The third-order valence-electron chi connectivity index (χ3n) is 4.52. The summed E-state index contributed by atoms with van der Waals surface area (Å²) in [6.07, 6.45) is 1.14. The lowest BCUT2D eigenvalue weighted by Gasteiger charge is -2.21. The Hall–Kier alpha value is -4.19. The molecule has 0 bridgehead atoms. The van der Waals surface area contributed by atoms with E-state index in [0.717, 1.165) is 0 Å². The van der Waals surface area contributed by atoms with E-state index >= 15 is 0 Å². The number of hydrogen-bond acceptors (Lipinski definition) is 4. The minimum absolute atomic E-state index is 0.000618. The van der Waals surface area contributed by atoms with Gasteiger partial charge in [0.05, 0.1) is 6.04 Å². The Labute approximate surface area is 180 Å². The normalized spacial score (nSPS) is 11.9. The maximum Gasteiger partial charge on any atom is 0.268 e. The zero-order valence-electron chi connectivity index (χ0n) is 16.7. The van der Waals surface area contributed by atoms with Crippen molar-refractivity contribution in [1.82, 2.24) is 10.6 Å². The number of benzene rings is 3. The summed E-state index contributed by atoms with van der Waals surface area (Å²) in [4.78, 5) is 37.0. The summed E-state index contributed by atoms with van der Waals surface area (Å²) in [5, 5.41) is 16.6. The Bertz CT molecular complexity index is 1060. The molecule has 1 atom stereocenters. The molecule has 0 aliphatic rings. The molecule has 156 valence electrons. The minimum atomic E-state index is -1.30. The van der Waals surface area contributed by atoms with E-state index in [1.807, 2.05) is 18.2 Å². The Kier molecular flexibility index (Phi) is 7.32. The first kappa shape index (κ1) is 21.5. The highest BCUT2D eigenvalue weighted by Gasteiger charge is 2.20. The van der Waals surface area contributed by atoms with Crippen LogP contribution in [0.2, 0.25) is 0 Å². The zero-order valence-corrected chi connectivity index (χ0v) is 16.7. The van der Waals surface area contributed by atoms with E-state index in [0.29, 0.717) is 16.7 Å². The molecule has 3 rings (SSSR count). The molecule has 0 unspecified atom stereocenters. The first-order valence-electron chi connectivity index (χ1n) is 9.72. The first-order chi connectivity index (χ1) is 15.0. The van der Waals surface area contributed by atoms with Gasteiger partial charge in [-0.3, -0.25) is 9.59 Å². The van der Waals surface area contributed by atoms with Crippen molar-refractivity contribution in [3.8, 4) is 0 Å². The summed E-state index contributed by atoms with van der Waals surface area (Å²) in [6, 6.07) is 25.5. The molecular weight excluding hydrogens is 392 g/mol. The maximum absolute atomic E-state index is 13.1. The topological polar surface area (TPSA) is 98.3 Å². The lowest BCUT2D eigenvalue weighted by Crippen LogP contribution is -2.39. The maximum atomic E-state index is 13.1. The Morgan fingerprint density at radius 3 is 1.94 bits per heavy atom. The van der Waals surface area contributed by atoms with Gasteiger partial charge in [0, 0.05) is 18.0 Å². The molecule has 0 aromatic heterocycles. The average Bonchev–Trinajstić information content (AvgIpc) is 2.79. The predicted octanol–water partition coefficient (Wildman–Crippen LogP) is 2.46. The fourth-order valence-electron chi connectivity index (χ4n) is 3.00. The van der Waals surface area contributed by atoms with Crippen LogP contribution in [-0.4, -0.2) is 17.8 Å². The molecule has 31 heavy (non-hydrogen) atoms. The summed E-state index contributed by atoms with van der Waals surface area (Å²) < 4.78 is 0. The van der Waals surface area contributed by atoms with Gasteiger partial charge in [-0.25, -0.2) is 0 Å². The zero-order chi connectivity index (χ0) is 22.1. The number of aliphatic carboxylic acids is 1. The standard InChI is InChI=1S/C25H22N2O4/c28-23(29)17-21(19-12-6-2-7-13-19)26-25(31)22(16-18-10-4-1-5-11-18)27-24(30)20-14-8-3-9-15-20/h1-16,21H,17H2,(H,26,31)(H,27,30)(H,28,29)/p-1/b22-16-/t21-/m0/s1. The van der Waals surface area contributed by atoms with E-state index in [4.69, 9.17) is 0 Å². The number of amides is 2. The first-order valence-corrected chi connectivity index (χ1v) is 9.72. The summed E-state index contributed by atoms with van der Waals surface area (Å²) in [7, 11) is 0. The molecule has 2 amide bonds. The van der Waals surface area contributed by atoms with E-state index in [9.17, 15) is 19.5 Å². The van der Waals surface area contributed by atoms with Crippen LogP contribution < -0.4 is 15.7 Å². The molecule has 6 heteroatoms. The van der Waals surface area contributed by atoms with Crippen molar-refractivity contribution in [2.75, 3.05) is 0 Å². The van der Waals surface area contributed by atoms with Gasteiger partial charge in [0.25, 0.3) is 11.8 Å². The van der Waals surface area contributed by atoms with Crippen LogP contribution in [0.4, 0.5) is 0 Å². The quantitative estimate of drug-likeness (QED) is 0.554. The van der Waals surface area contributed by atoms with Gasteiger partial charge in [0.1, 0.15) is 5.70 Å². The fourth-order valence-corrected chi connectivity index (χ4v) is 3.00. The molecule has 0 aliphatic carbocycles. The second-order valence-electron chi connectivity index (χ2n) is 6.80. The molecule has 3 aromatic carbocycles. The summed E-state index contributed by atoms with van der Waals surface area (Å²) in [6.45, 7) is 0. The van der Waals surface area contributed by atoms with Gasteiger partial charge in [-0.1, -0.05) is 78.9 Å². The average molecular weight is 413 g/mol. The number of carboxylic acids is 1. The lowest BCUT2D eigenvalue weighted by molar-refractivity contribution is -0.306. The molecule has 0 heterocycles. The highest BCUT2D eigenvalue weighted by Crippen LogP contribution is 2.17. The van der Waals surface area contributed by atoms with Crippen molar-refractivity contribution in [3.63, 3.8) is 0 Å². The van der Waals surface area contributed by atoms with Crippen LogP contribution in [0, 0.1) is 0 Å². The molecule has 0 spiro atoms. The van der Waals surface area contributed by atoms with Gasteiger partial charge in [-0.05, 0) is 29.3 Å². The minimum Gasteiger partial charge on any atom is -0.550 e. The third kappa shape index (κ3) is 6.40. The second-order valence-corrected chi connectivity index (χ2v) is 6.80. The number of carboxylic acid groups (broad SMARTS) is 1. The second kappa shape index (κ2) is 10.5. The number of carbonyl (C=O) groups excluding carboxylic acids is 3. The summed E-state index contributed by atoms with van der Waals surface area (Å²) in [5.41, 5.74) is 1.72. The Morgan fingerprint density at radius 2 is 1.35 bits per heavy atom. The van der Waals surface area contributed by atoms with E-state index in [2.05, 4.69) is 10.6 Å². The van der Waals surface area contributed by atoms with Gasteiger partial charge < -0.3 is 20.5 Å². The SMILES string of the molecule is O=C([O-])C[C@H](NC(=O)/C(=C/c1ccccc1)NC(=O)c1ccccc1)c1ccccc1. The fraction of sp³-hybridized carbons (Fsp3) is 0.0800. The molecule has 2 N–H and O–H groups in total. The van der Waals surface area contributed by atoms with Crippen molar-refractivity contribution in [2.24, 2.45) is 0 Å². The Balaban J connectivity index is 1.88. The van der Waals surface area contributed by atoms with Gasteiger partial charge in [0.15, 0.2) is 0 Å². The van der Waals surface area contributed by atoms with Gasteiger partial charge in [-0.15, -0.1) is 0 Å². The molecule has 0 aliphatic heterocycles. The highest BCUT2D eigenvalue weighted by molar-refractivity contribution is 6.05. The number of nitrogens with one attached hydrogen (secondary N) is 2. The molecular formula is C25H21N2O4-. The molecule has 0 radical (unpaired) electrons. The van der Waals surface area contributed by atoms with Crippen LogP contribution in [0.25, 0.3) is 6.08 Å². The Morgan fingerprint density at radius 1 is 0.806 bits per heavy atom. The molecule has 0 saturated heterocycles. The molecule has 0 saturated carbocycles. The van der Waals surface area contributed by atoms with Crippen molar-refractivity contribution in [1.29, 1.82) is 0 Å². The summed E-state index contributed by atoms with van der Waals surface area (Å²) >= 11 is 0. The van der Waals surface area contributed by atoms with Crippen LogP contribution in [0.3, 0.4) is 0 Å². The summed E-state index contributed by atoms with van der Waals surface area (Å²) in [5.74, 6) is -2.35. The van der Waals surface area contributed by atoms with Gasteiger partial charge >= 0.3 is 0 Å². The van der Waals surface area contributed by atoms with Crippen molar-refractivity contribution in [2.45, 2.75) is 12.5 Å². The van der Waals surface area contributed by atoms with Crippen molar-refractivity contribution in [3.05, 3.63) is 113 Å². The van der Waals surface area contributed by atoms with Gasteiger partial charge in [0.2, 0.25) is 0 Å². The van der Waals surface area contributed by atoms with Crippen LogP contribution in [0.5, 0.6) is 0 Å². The lowest BCUT2D eigenvalue weighted by atomic mass is 10.0. The van der Waals surface area contributed by atoms with Crippen molar-refractivity contribution >= 4 is 23.9 Å².